The first-order valence-corrected chi connectivity index (χ1v) is 10.3. The van der Waals surface area contributed by atoms with Crippen LogP contribution in [-0.4, -0.2) is 58.2 Å². The molecule has 2 fully saturated rings. The Morgan fingerprint density at radius 2 is 1.92 bits per heavy atom. The number of ether oxygens (including phenoxy) is 1. The van der Waals surface area contributed by atoms with Crippen molar-refractivity contribution in [3.8, 4) is 0 Å². The SMILES string of the molecule is O=C(CCc1ccc(N2CCOCC2)cc1)NC1CCS(=O)(=O)C1. The lowest BCUT2D eigenvalue weighted by molar-refractivity contribution is -0.121. The van der Waals surface area contributed by atoms with Gasteiger partial charge in [0, 0.05) is 31.2 Å². The number of carbonyl (C=O) groups excluding carboxylic acids is 1. The summed E-state index contributed by atoms with van der Waals surface area (Å²) in [5.74, 6) is 0.183. The van der Waals surface area contributed by atoms with Crippen molar-refractivity contribution in [3.05, 3.63) is 29.8 Å². The Hall–Kier alpha value is -1.60. The topological polar surface area (TPSA) is 75.7 Å². The number of anilines is 1. The van der Waals surface area contributed by atoms with E-state index in [0.717, 1.165) is 31.9 Å². The summed E-state index contributed by atoms with van der Waals surface area (Å²) in [6.07, 6.45) is 1.57. The standard InChI is InChI=1S/C17H24N2O4S/c20-17(18-15-7-12-24(21,22)13-15)6-3-14-1-4-16(5-2-14)19-8-10-23-11-9-19/h1-2,4-5,15H,3,6-13H2,(H,18,20). The van der Waals surface area contributed by atoms with Crippen molar-refractivity contribution >= 4 is 21.4 Å². The summed E-state index contributed by atoms with van der Waals surface area (Å²) in [5.41, 5.74) is 2.30. The minimum absolute atomic E-state index is 0.0747. The molecule has 1 atom stereocenters. The minimum Gasteiger partial charge on any atom is -0.378 e. The van der Waals surface area contributed by atoms with Crippen LogP contribution >= 0.6 is 0 Å². The smallest absolute Gasteiger partial charge is 0.220 e. The fraction of sp³-hybridized carbons (Fsp3) is 0.588. The van der Waals surface area contributed by atoms with Crippen LogP contribution < -0.4 is 10.2 Å². The molecule has 1 unspecified atom stereocenters. The van der Waals surface area contributed by atoms with Gasteiger partial charge in [-0.1, -0.05) is 12.1 Å². The molecule has 2 heterocycles. The zero-order valence-electron chi connectivity index (χ0n) is 13.7. The summed E-state index contributed by atoms with van der Waals surface area (Å²) >= 11 is 0. The molecule has 1 N–H and O–H groups in total. The number of hydrogen-bond donors (Lipinski definition) is 1. The van der Waals surface area contributed by atoms with Crippen molar-refractivity contribution < 1.29 is 17.9 Å². The number of aryl methyl sites for hydroxylation is 1. The Morgan fingerprint density at radius 3 is 2.54 bits per heavy atom. The Morgan fingerprint density at radius 1 is 1.21 bits per heavy atom. The Bertz CT molecular complexity index is 666. The Balaban J connectivity index is 1.45. The predicted molar refractivity (Wildman–Crippen MR) is 93.0 cm³/mol. The zero-order chi connectivity index (χ0) is 17.0. The second-order valence-corrected chi connectivity index (χ2v) is 8.66. The molecule has 0 aliphatic carbocycles. The number of rotatable bonds is 5. The van der Waals surface area contributed by atoms with Crippen LogP contribution in [0.3, 0.4) is 0 Å². The highest BCUT2D eigenvalue weighted by Crippen LogP contribution is 2.17. The molecule has 0 spiro atoms. The zero-order valence-corrected chi connectivity index (χ0v) is 14.6. The second kappa shape index (κ2) is 7.53. The molecule has 0 aromatic heterocycles. The largest absolute Gasteiger partial charge is 0.378 e. The maximum Gasteiger partial charge on any atom is 0.220 e. The van der Waals surface area contributed by atoms with Gasteiger partial charge in [-0.2, -0.15) is 0 Å². The average molecular weight is 352 g/mol. The van der Waals surface area contributed by atoms with Crippen molar-refractivity contribution in [1.29, 1.82) is 0 Å². The van der Waals surface area contributed by atoms with E-state index >= 15 is 0 Å². The van der Waals surface area contributed by atoms with Crippen LogP contribution in [-0.2, 0) is 25.8 Å². The van der Waals surface area contributed by atoms with Crippen LogP contribution in [0, 0.1) is 0 Å². The molecule has 132 valence electrons. The third-order valence-electron chi connectivity index (χ3n) is 4.55. The Kier molecular flexibility index (Phi) is 5.40. The van der Waals surface area contributed by atoms with E-state index in [2.05, 4.69) is 34.5 Å². The van der Waals surface area contributed by atoms with Gasteiger partial charge < -0.3 is 15.0 Å². The maximum absolute atomic E-state index is 12.0. The summed E-state index contributed by atoms with van der Waals surface area (Å²) in [6, 6.07) is 8.06. The molecule has 2 aliphatic heterocycles. The van der Waals surface area contributed by atoms with Gasteiger partial charge in [0.15, 0.2) is 9.84 Å². The average Bonchev–Trinajstić information content (AvgIpc) is 2.93. The van der Waals surface area contributed by atoms with Gasteiger partial charge in [-0.25, -0.2) is 8.42 Å². The summed E-state index contributed by atoms with van der Waals surface area (Å²) < 4.78 is 28.2. The van der Waals surface area contributed by atoms with Gasteiger partial charge in [-0.15, -0.1) is 0 Å². The van der Waals surface area contributed by atoms with E-state index in [9.17, 15) is 13.2 Å². The lowest BCUT2D eigenvalue weighted by atomic mass is 10.1. The van der Waals surface area contributed by atoms with Crippen molar-refractivity contribution in [3.63, 3.8) is 0 Å². The minimum atomic E-state index is -2.95. The van der Waals surface area contributed by atoms with Crippen LogP contribution in [0.2, 0.25) is 0 Å². The van der Waals surface area contributed by atoms with Crippen LogP contribution in [0.4, 0.5) is 5.69 Å². The summed E-state index contributed by atoms with van der Waals surface area (Å²) in [5, 5.41) is 2.83. The van der Waals surface area contributed by atoms with Crippen molar-refractivity contribution in [2.24, 2.45) is 0 Å². The highest BCUT2D eigenvalue weighted by Gasteiger charge is 2.28. The molecule has 6 nitrogen and oxygen atoms in total. The van der Waals surface area contributed by atoms with Gasteiger partial charge in [0.1, 0.15) is 0 Å². The number of hydrogen-bond acceptors (Lipinski definition) is 5. The molecule has 0 radical (unpaired) electrons. The number of carbonyl (C=O) groups is 1. The van der Waals surface area contributed by atoms with Gasteiger partial charge in [0.25, 0.3) is 0 Å². The van der Waals surface area contributed by atoms with E-state index in [1.54, 1.807) is 0 Å². The molecule has 24 heavy (non-hydrogen) atoms. The van der Waals surface area contributed by atoms with Gasteiger partial charge in [0.2, 0.25) is 5.91 Å². The molecule has 0 saturated carbocycles. The van der Waals surface area contributed by atoms with Crippen molar-refractivity contribution in [2.75, 3.05) is 42.7 Å². The van der Waals surface area contributed by atoms with E-state index in [0.29, 0.717) is 19.3 Å². The fourth-order valence-corrected chi connectivity index (χ4v) is 4.83. The number of benzene rings is 1. The van der Waals surface area contributed by atoms with Gasteiger partial charge in [0.05, 0.1) is 24.7 Å². The molecule has 1 aromatic rings. The first-order valence-electron chi connectivity index (χ1n) is 8.43. The van der Waals surface area contributed by atoms with Crippen LogP contribution in [0.5, 0.6) is 0 Å². The molecule has 1 amide bonds. The normalized spacial score (nSPS) is 23.2. The molecule has 3 rings (SSSR count). The lowest BCUT2D eigenvalue weighted by Crippen LogP contribution is -2.36. The monoisotopic (exact) mass is 352 g/mol. The number of amides is 1. The quantitative estimate of drug-likeness (QED) is 0.847. The summed E-state index contributed by atoms with van der Waals surface area (Å²) in [4.78, 5) is 14.3. The predicted octanol–water partition coefficient (Wildman–Crippen LogP) is 0.759. The van der Waals surface area contributed by atoms with Gasteiger partial charge in [-0.3, -0.25) is 4.79 Å². The number of sulfone groups is 1. The van der Waals surface area contributed by atoms with E-state index in [4.69, 9.17) is 4.74 Å². The van der Waals surface area contributed by atoms with Gasteiger partial charge in [-0.05, 0) is 30.5 Å². The second-order valence-electron chi connectivity index (χ2n) is 6.43. The highest BCUT2D eigenvalue weighted by atomic mass is 32.2. The first-order chi connectivity index (χ1) is 11.5. The molecule has 7 heteroatoms. The maximum atomic E-state index is 12.0. The van der Waals surface area contributed by atoms with E-state index < -0.39 is 9.84 Å². The number of morpholine rings is 1. The fourth-order valence-electron chi connectivity index (χ4n) is 3.16. The molecular formula is C17H24N2O4S. The third-order valence-corrected chi connectivity index (χ3v) is 6.32. The lowest BCUT2D eigenvalue weighted by Gasteiger charge is -2.28. The van der Waals surface area contributed by atoms with E-state index in [1.807, 2.05) is 0 Å². The van der Waals surface area contributed by atoms with Crippen LogP contribution in [0.15, 0.2) is 24.3 Å². The third kappa shape index (κ3) is 4.70. The summed E-state index contributed by atoms with van der Waals surface area (Å²) in [7, 11) is -2.95. The molecule has 1 aromatic carbocycles. The van der Waals surface area contributed by atoms with Crippen molar-refractivity contribution in [1.82, 2.24) is 5.32 Å². The summed E-state index contributed by atoms with van der Waals surface area (Å²) in [6.45, 7) is 3.34. The molecule has 0 bridgehead atoms. The van der Waals surface area contributed by atoms with Gasteiger partial charge >= 0.3 is 0 Å². The Labute approximate surface area is 143 Å². The number of nitrogens with one attached hydrogen (secondary N) is 1. The van der Waals surface area contributed by atoms with Crippen molar-refractivity contribution in [2.45, 2.75) is 25.3 Å². The van der Waals surface area contributed by atoms with E-state index in [1.165, 1.54) is 5.69 Å². The molecule has 2 saturated heterocycles. The molecule has 2 aliphatic rings. The van der Waals surface area contributed by atoms with E-state index in [-0.39, 0.29) is 23.5 Å². The molecular weight excluding hydrogens is 328 g/mol. The van der Waals surface area contributed by atoms with Crippen LogP contribution in [0.1, 0.15) is 18.4 Å². The first kappa shape index (κ1) is 17.2. The highest BCUT2D eigenvalue weighted by molar-refractivity contribution is 7.91. The van der Waals surface area contributed by atoms with Crippen LogP contribution in [0.25, 0.3) is 0 Å². The number of nitrogens with zero attached hydrogens (tertiary/aromatic N) is 1.